The van der Waals surface area contributed by atoms with Gasteiger partial charge in [0.2, 0.25) is 5.91 Å². The third kappa shape index (κ3) is 1.93. The highest BCUT2D eigenvalue weighted by Gasteiger charge is 2.30. The molecule has 2 heterocycles. The van der Waals surface area contributed by atoms with Crippen molar-refractivity contribution in [1.29, 1.82) is 5.26 Å². The summed E-state index contributed by atoms with van der Waals surface area (Å²) in [5, 5.41) is 13.9. The van der Waals surface area contributed by atoms with Gasteiger partial charge in [0, 0.05) is 28.4 Å². The number of carbonyl (C=O) groups excluding carboxylic acids is 1. The molecule has 0 radical (unpaired) electrons. The number of pyridine rings is 1. The van der Waals surface area contributed by atoms with E-state index in [1.54, 1.807) is 12.3 Å². The van der Waals surface area contributed by atoms with Crippen LogP contribution in [0.1, 0.15) is 18.4 Å². The lowest BCUT2D eigenvalue weighted by Gasteiger charge is -2.04. The van der Waals surface area contributed by atoms with Gasteiger partial charge in [-0.2, -0.15) is 5.26 Å². The molecule has 1 aromatic carbocycles. The minimum atomic E-state index is 0.0337. The lowest BCUT2D eigenvalue weighted by molar-refractivity contribution is -0.117. The van der Waals surface area contributed by atoms with Crippen LogP contribution in [0.15, 0.2) is 30.5 Å². The fraction of sp³-hybridized carbons (Fsp3) is 0.188. The third-order valence-electron chi connectivity index (χ3n) is 3.84. The summed E-state index contributed by atoms with van der Waals surface area (Å²) in [5.74, 6) is 0.724. The fourth-order valence-electron chi connectivity index (χ4n) is 2.56. The van der Waals surface area contributed by atoms with Crippen molar-refractivity contribution < 1.29 is 4.79 Å². The second-order valence-corrected chi connectivity index (χ2v) is 5.34. The van der Waals surface area contributed by atoms with E-state index in [9.17, 15) is 4.79 Å². The lowest BCUT2D eigenvalue weighted by atomic mass is 10.1. The fourth-order valence-corrected chi connectivity index (χ4v) is 2.56. The van der Waals surface area contributed by atoms with Gasteiger partial charge in [0.1, 0.15) is 0 Å². The molecular formula is C16H12N4O. The number of anilines is 1. The summed E-state index contributed by atoms with van der Waals surface area (Å²) in [4.78, 5) is 19.5. The molecule has 5 heteroatoms. The second kappa shape index (κ2) is 4.32. The van der Waals surface area contributed by atoms with Crippen LogP contribution in [0.2, 0.25) is 0 Å². The number of nitrogens with one attached hydrogen (secondary N) is 2. The molecule has 1 amide bonds. The number of hydrogen-bond donors (Lipinski definition) is 2. The van der Waals surface area contributed by atoms with Crippen LogP contribution in [0, 0.1) is 17.2 Å². The van der Waals surface area contributed by atoms with E-state index < -0.39 is 0 Å². The van der Waals surface area contributed by atoms with Crippen LogP contribution in [0.5, 0.6) is 0 Å². The van der Waals surface area contributed by atoms with Crippen LogP contribution in [-0.4, -0.2) is 15.9 Å². The van der Waals surface area contributed by atoms with Crippen molar-refractivity contribution in [2.75, 3.05) is 5.32 Å². The number of aromatic amines is 1. The quantitative estimate of drug-likeness (QED) is 0.755. The average molecular weight is 276 g/mol. The van der Waals surface area contributed by atoms with Crippen LogP contribution in [-0.2, 0) is 4.79 Å². The molecule has 0 bridgehead atoms. The normalized spacial score (nSPS) is 14.2. The highest BCUT2D eigenvalue weighted by atomic mass is 16.2. The summed E-state index contributed by atoms with van der Waals surface area (Å²) in [7, 11) is 0. The van der Waals surface area contributed by atoms with Crippen molar-refractivity contribution >= 4 is 33.5 Å². The Balaban J connectivity index is 1.88. The van der Waals surface area contributed by atoms with Gasteiger partial charge >= 0.3 is 0 Å². The molecule has 5 nitrogen and oxygen atoms in total. The number of nitrogens with zero attached hydrogens (tertiary/aromatic N) is 2. The monoisotopic (exact) mass is 276 g/mol. The molecule has 0 aliphatic heterocycles. The Hall–Kier alpha value is -2.87. The summed E-state index contributed by atoms with van der Waals surface area (Å²) in [6.45, 7) is 0. The Bertz CT molecular complexity index is 915. The molecule has 102 valence electrons. The van der Waals surface area contributed by atoms with E-state index in [4.69, 9.17) is 5.26 Å². The van der Waals surface area contributed by atoms with Crippen LogP contribution < -0.4 is 5.32 Å². The topological polar surface area (TPSA) is 81.6 Å². The Morgan fingerprint density at radius 3 is 2.95 bits per heavy atom. The molecule has 0 unspecified atom stereocenters. The zero-order valence-electron chi connectivity index (χ0n) is 11.2. The molecule has 2 aromatic heterocycles. The smallest absolute Gasteiger partial charge is 0.228 e. The first-order valence-electron chi connectivity index (χ1n) is 6.87. The number of carbonyl (C=O) groups is 1. The first-order valence-corrected chi connectivity index (χ1v) is 6.87. The largest absolute Gasteiger partial charge is 0.351 e. The van der Waals surface area contributed by atoms with E-state index >= 15 is 0 Å². The van der Waals surface area contributed by atoms with Gasteiger partial charge in [0.05, 0.1) is 17.1 Å². The van der Waals surface area contributed by atoms with Gasteiger partial charge in [0.15, 0.2) is 5.82 Å². The molecule has 3 aromatic rings. The van der Waals surface area contributed by atoms with E-state index in [0.717, 1.165) is 34.6 Å². The number of hydrogen-bond acceptors (Lipinski definition) is 3. The standard InChI is InChI=1S/C16H12N4O/c17-8-9-1-4-11-12-5-6-18-15(14(12)19-13(11)7-9)20-16(21)10-2-3-10/h1,4-7,10,19H,2-3H2,(H,18,20,21). The minimum Gasteiger partial charge on any atom is -0.351 e. The number of fused-ring (bicyclic) bond motifs is 3. The Morgan fingerprint density at radius 2 is 2.19 bits per heavy atom. The predicted molar refractivity (Wildman–Crippen MR) is 79.7 cm³/mol. The Kier molecular flexibility index (Phi) is 2.45. The van der Waals surface area contributed by atoms with Crippen LogP contribution in [0.25, 0.3) is 21.8 Å². The number of rotatable bonds is 2. The summed E-state index contributed by atoms with van der Waals surface area (Å²) in [6.07, 6.45) is 3.61. The van der Waals surface area contributed by atoms with Crippen molar-refractivity contribution in [2.45, 2.75) is 12.8 Å². The number of aromatic nitrogens is 2. The van der Waals surface area contributed by atoms with Crippen LogP contribution in [0.3, 0.4) is 0 Å². The summed E-state index contributed by atoms with van der Waals surface area (Å²) < 4.78 is 0. The minimum absolute atomic E-state index is 0.0337. The number of H-pyrrole nitrogens is 1. The molecule has 4 rings (SSSR count). The number of amides is 1. The van der Waals surface area contributed by atoms with Crippen molar-refractivity contribution in [3.63, 3.8) is 0 Å². The van der Waals surface area contributed by atoms with Crippen LogP contribution in [0.4, 0.5) is 5.82 Å². The van der Waals surface area contributed by atoms with Crippen molar-refractivity contribution in [3.8, 4) is 6.07 Å². The Labute approximate surface area is 120 Å². The zero-order valence-corrected chi connectivity index (χ0v) is 11.2. The van der Waals surface area contributed by atoms with E-state index in [2.05, 4.69) is 21.4 Å². The molecular weight excluding hydrogens is 264 g/mol. The van der Waals surface area contributed by atoms with Gasteiger partial charge in [-0.15, -0.1) is 0 Å². The molecule has 0 atom stereocenters. The number of benzene rings is 1. The van der Waals surface area contributed by atoms with Crippen molar-refractivity contribution in [3.05, 3.63) is 36.0 Å². The van der Waals surface area contributed by atoms with E-state index in [1.165, 1.54) is 0 Å². The van der Waals surface area contributed by atoms with Gasteiger partial charge in [0.25, 0.3) is 0 Å². The lowest BCUT2D eigenvalue weighted by Crippen LogP contribution is -2.14. The van der Waals surface area contributed by atoms with E-state index in [-0.39, 0.29) is 11.8 Å². The highest BCUT2D eigenvalue weighted by molar-refractivity contribution is 6.12. The van der Waals surface area contributed by atoms with Gasteiger partial charge in [-0.25, -0.2) is 4.98 Å². The first-order chi connectivity index (χ1) is 10.3. The van der Waals surface area contributed by atoms with E-state index in [0.29, 0.717) is 11.4 Å². The van der Waals surface area contributed by atoms with Gasteiger partial charge in [-0.05, 0) is 31.0 Å². The first kappa shape index (κ1) is 11.9. The average Bonchev–Trinajstić information content (AvgIpc) is 3.28. The summed E-state index contributed by atoms with van der Waals surface area (Å²) >= 11 is 0. The predicted octanol–water partition coefficient (Wildman–Crippen LogP) is 2.94. The van der Waals surface area contributed by atoms with Gasteiger partial charge in [-0.1, -0.05) is 6.07 Å². The van der Waals surface area contributed by atoms with Gasteiger partial charge in [-0.3, -0.25) is 4.79 Å². The molecule has 21 heavy (non-hydrogen) atoms. The van der Waals surface area contributed by atoms with Crippen LogP contribution >= 0.6 is 0 Å². The van der Waals surface area contributed by atoms with Gasteiger partial charge < -0.3 is 10.3 Å². The maximum atomic E-state index is 11.9. The summed E-state index contributed by atoms with van der Waals surface area (Å²) in [5.41, 5.74) is 2.28. The highest BCUT2D eigenvalue weighted by Crippen LogP contribution is 2.32. The van der Waals surface area contributed by atoms with Crippen molar-refractivity contribution in [1.82, 2.24) is 9.97 Å². The van der Waals surface area contributed by atoms with E-state index in [1.807, 2.05) is 18.2 Å². The molecule has 0 saturated heterocycles. The number of nitriles is 1. The molecule has 1 saturated carbocycles. The molecule has 1 aliphatic carbocycles. The summed E-state index contributed by atoms with van der Waals surface area (Å²) in [6, 6.07) is 9.55. The molecule has 1 aliphatic rings. The Morgan fingerprint density at radius 1 is 1.33 bits per heavy atom. The molecule has 0 spiro atoms. The van der Waals surface area contributed by atoms with Crippen molar-refractivity contribution in [2.24, 2.45) is 5.92 Å². The third-order valence-corrected chi connectivity index (χ3v) is 3.84. The molecule has 1 fully saturated rings. The zero-order chi connectivity index (χ0) is 14.4. The maximum Gasteiger partial charge on any atom is 0.228 e. The maximum absolute atomic E-state index is 11.9. The second-order valence-electron chi connectivity index (χ2n) is 5.34. The SMILES string of the molecule is N#Cc1ccc2c(c1)[nH]c1c(NC(=O)C3CC3)nccc12. The molecule has 2 N–H and O–H groups in total.